The molecule has 27 heavy (non-hydrogen) atoms. The number of rotatable bonds is 3. The maximum atomic E-state index is 12.5. The van der Waals surface area contributed by atoms with Crippen LogP contribution in [0.3, 0.4) is 0 Å². The van der Waals surface area contributed by atoms with Gasteiger partial charge in [-0.1, -0.05) is 6.07 Å². The van der Waals surface area contributed by atoms with Crippen LogP contribution in [0.1, 0.15) is 66.9 Å². The summed E-state index contributed by atoms with van der Waals surface area (Å²) in [7, 11) is 0. The standard InChI is InChI=1S/C22H28N2O3/c1-12(13-2-3-13)24-9-8-22-11-15(25)5-7-17(22)18(24)10-14-4-6-16(21(23)27)20(26)19(14)22/h4,6,12-13,17-18,26H,2-3,5,7-11H2,1H3,(H2,23,27)/t12-,17-,18?,22-/m0/s1. The molecular weight excluding hydrogens is 340 g/mol. The van der Waals surface area contributed by atoms with Gasteiger partial charge in [-0.25, -0.2) is 0 Å². The molecule has 1 heterocycles. The molecule has 5 rings (SSSR count). The first-order valence-corrected chi connectivity index (χ1v) is 10.3. The molecule has 1 aromatic rings. The van der Waals surface area contributed by atoms with Crippen LogP contribution >= 0.6 is 0 Å². The molecular formula is C22H28N2O3. The number of piperidine rings is 1. The van der Waals surface area contributed by atoms with Crippen molar-refractivity contribution < 1.29 is 14.7 Å². The van der Waals surface area contributed by atoms with Crippen molar-refractivity contribution in [2.24, 2.45) is 17.6 Å². The predicted molar refractivity (Wildman–Crippen MR) is 102 cm³/mol. The number of phenols is 1. The lowest BCUT2D eigenvalue weighted by molar-refractivity contribution is -0.128. The summed E-state index contributed by atoms with van der Waals surface area (Å²) >= 11 is 0. The highest BCUT2D eigenvalue weighted by atomic mass is 16.3. The number of Topliss-reactive ketones (excluding diaryl/α,β-unsaturated/α-hetero) is 1. The molecule has 2 bridgehead atoms. The van der Waals surface area contributed by atoms with E-state index in [1.54, 1.807) is 6.07 Å². The number of amides is 1. The fraction of sp³-hybridized carbons (Fsp3) is 0.636. The van der Waals surface area contributed by atoms with Gasteiger partial charge in [0.1, 0.15) is 11.5 Å². The molecule has 3 aliphatic carbocycles. The second-order valence-electron chi connectivity index (χ2n) is 9.21. The Kier molecular flexibility index (Phi) is 3.71. The predicted octanol–water partition coefficient (Wildman–Crippen LogP) is 2.53. The van der Waals surface area contributed by atoms with E-state index in [4.69, 9.17) is 5.73 Å². The van der Waals surface area contributed by atoms with Gasteiger partial charge in [-0.2, -0.15) is 0 Å². The van der Waals surface area contributed by atoms with Crippen LogP contribution in [0, 0.1) is 11.8 Å². The number of primary amides is 1. The zero-order valence-electron chi connectivity index (χ0n) is 15.9. The van der Waals surface area contributed by atoms with Crippen molar-refractivity contribution in [1.29, 1.82) is 0 Å². The molecule has 0 aromatic heterocycles. The van der Waals surface area contributed by atoms with Gasteiger partial charge in [0.2, 0.25) is 0 Å². The van der Waals surface area contributed by atoms with Gasteiger partial charge in [0.05, 0.1) is 5.56 Å². The highest BCUT2D eigenvalue weighted by Crippen LogP contribution is 2.58. The molecule has 5 nitrogen and oxygen atoms in total. The molecule has 144 valence electrons. The van der Waals surface area contributed by atoms with E-state index in [0.717, 1.165) is 42.9 Å². The first-order valence-electron chi connectivity index (χ1n) is 10.3. The largest absolute Gasteiger partial charge is 0.507 e. The first kappa shape index (κ1) is 17.2. The number of ketones is 1. The van der Waals surface area contributed by atoms with Gasteiger partial charge in [-0.05, 0) is 69.0 Å². The maximum Gasteiger partial charge on any atom is 0.252 e. The fourth-order valence-corrected chi connectivity index (χ4v) is 6.52. The van der Waals surface area contributed by atoms with Crippen molar-refractivity contribution >= 4 is 11.7 Å². The molecule has 1 saturated heterocycles. The lowest BCUT2D eigenvalue weighted by Gasteiger charge is -2.60. The molecule has 1 aliphatic heterocycles. The lowest BCUT2D eigenvalue weighted by Crippen LogP contribution is -2.63. The normalized spacial score (nSPS) is 33.9. The van der Waals surface area contributed by atoms with Gasteiger partial charge in [0.15, 0.2) is 0 Å². The lowest BCUT2D eigenvalue weighted by atomic mass is 9.51. The van der Waals surface area contributed by atoms with Crippen molar-refractivity contribution in [2.75, 3.05) is 6.54 Å². The van der Waals surface area contributed by atoms with Gasteiger partial charge < -0.3 is 10.8 Å². The molecule has 2 saturated carbocycles. The summed E-state index contributed by atoms with van der Waals surface area (Å²) in [5.41, 5.74) is 7.31. The molecule has 0 spiro atoms. The summed E-state index contributed by atoms with van der Waals surface area (Å²) in [4.78, 5) is 27.0. The minimum atomic E-state index is -0.604. The number of carbonyl (C=O) groups is 2. The Morgan fingerprint density at radius 3 is 2.81 bits per heavy atom. The molecule has 3 fully saturated rings. The van der Waals surface area contributed by atoms with Gasteiger partial charge in [0.25, 0.3) is 5.91 Å². The van der Waals surface area contributed by atoms with Crippen LogP contribution in [0.15, 0.2) is 12.1 Å². The molecule has 4 aliphatic rings. The van der Waals surface area contributed by atoms with Crippen LogP contribution in [-0.2, 0) is 16.6 Å². The van der Waals surface area contributed by atoms with Crippen molar-refractivity contribution in [1.82, 2.24) is 4.90 Å². The third kappa shape index (κ3) is 2.40. The zero-order chi connectivity index (χ0) is 18.9. The van der Waals surface area contributed by atoms with Gasteiger partial charge >= 0.3 is 0 Å². The Hall–Kier alpha value is -1.88. The highest BCUT2D eigenvalue weighted by molar-refractivity contribution is 5.96. The summed E-state index contributed by atoms with van der Waals surface area (Å²) in [6.45, 7) is 3.33. The summed E-state index contributed by atoms with van der Waals surface area (Å²) in [5.74, 6) is 0.890. The van der Waals surface area contributed by atoms with Crippen molar-refractivity contribution in [3.8, 4) is 5.75 Å². The van der Waals surface area contributed by atoms with Crippen molar-refractivity contribution in [3.05, 3.63) is 28.8 Å². The van der Waals surface area contributed by atoms with Crippen molar-refractivity contribution in [2.45, 2.75) is 69.4 Å². The average Bonchev–Trinajstić information content (AvgIpc) is 3.45. The summed E-state index contributed by atoms with van der Waals surface area (Å²) in [6.07, 6.45) is 6.44. The van der Waals surface area contributed by atoms with Crippen LogP contribution in [0.2, 0.25) is 0 Å². The van der Waals surface area contributed by atoms with Gasteiger partial charge in [-0.15, -0.1) is 0 Å². The number of fused-ring (bicyclic) bond motifs is 1. The van der Waals surface area contributed by atoms with E-state index in [2.05, 4.69) is 11.8 Å². The first-order chi connectivity index (χ1) is 12.9. The number of aromatic hydroxyl groups is 1. The molecule has 1 aromatic carbocycles. The Labute approximate surface area is 159 Å². The van der Waals surface area contributed by atoms with Crippen LogP contribution in [0.4, 0.5) is 0 Å². The average molecular weight is 368 g/mol. The van der Waals surface area contributed by atoms with E-state index in [-0.39, 0.29) is 22.5 Å². The zero-order valence-corrected chi connectivity index (χ0v) is 15.9. The van der Waals surface area contributed by atoms with Gasteiger partial charge in [-0.3, -0.25) is 14.5 Å². The van der Waals surface area contributed by atoms with Crippen molar-refractivity contribution in [3.63, 3.8) is 0 Å². The molecule has 1 amide bonds. The third-order valence-corrected chi connectivity index (χ3v) is 7.95. The number of hydrogen-bond donors (Lipinski definition) is 2. The second-order valence-corrected chi connectivity index (χ2v) is 9.21. The SMILES string of the molecule is C[C@@H](C1CC1)N1CC[C@]23CC(=O)CC[C@H]2C1Cc1ccc(C(N)=O)c(O)c13. The Bertz CT molecular complexity index is 831. The second kappa shape index (κ2) is 5.81. The topological polar surface area (TPSA) is 83.6 Å². The van der Waals surface area contributed by atoms with E-state index < -0.39 is 5.91 Å². The van der Waals surface area contributed by atoms with Crippen LogP contribution < -0.4 is 5.73 Å². The quantitative estimate of drug-likeness (QED) is 0.859. The minimum Gasteiger partial charge on any atom is -0.507 e. The number of carbonyl (C=O) groups excluding carboxylic acids is 2. The maximum absolute atomic E-state index is 12.5. The smallest absolute Gasteiger partial charge is 0.252 e. The Balaban J connectivity index is 1.65. The third-order valence-electron chi connectivity index (χ3n) is 7.95. The number of likely N-dealkylation sites (tertiary alicyclic amines) is 1. The van der Waals surface area contributed by atoms with Gasteiger partial charge in [0, 0.05) is 35.9 Å². The summed E-state index contributed by atoms with van der Waals surface area (Å²) in [6, 6.07) is 4.63. The molecule has 3 N–H and O–H groups in total. The van der Waals surface area contributed by atoms with Crippen LogP contribution in [0.5, 0.6) is 5.75 Å². The minimum absolute atomic E-state index is 0.0295. The fourth-order valence-electron chi connectivity index (χ4n) is 6.52. The Morgan fingerprint density at radius 1 is 1.33 bits per heavy atom. The molecule has 4 atom stereocenters. The molecule has 5 heteroatoms. The van der Waals surface area contributed by atoms with E-state index in [1.165, 1.54) is 12.8 Å². The van der Waals surface area contributed by atoms with Crippen LogP contribution in [-0.4, -0.2) is 40.3 Å². The number of hydrogen-bond acceptors (Lipinski definition) is 4. The highest BCUT2D eigenvalue weighted by Gasteiger charge is 2.58. The summed E-state index contributed by atoms with van der Waals surface area (Å²) in [5, 5.41) is 11.0. The molecule has 1 unspecified atom stereocenters. The Morgan fingerprint density at radius 2 is 2.11 bits per heavy atom. The monoisotopic (exact) mass is 368 g/mol. The van der Waals surface area contributed by atoms with Crippen LogP contribution in [0.25, 0.3) is 0 Å². The number of nitrogens with zero attached hydrogens (tertiary/aromatic N) is 1. The van der Waals surface area contributed by atoms with E-state index in [1.807, 2.05) is 6.07 Å². The van der Waals surface area contributed by atoms with E-state index >= 15 is 0 Å². The number of benzene rings is 1. The number of nitrogens with two attached hydrogens (primary N) is 1. The molecule has 0 radical (unpaired) electrons. The van der Waals surface area contributed by atoms with E-state index in [9.17, 15) is 14.7 Å². The van der Waals surface area contributed by atoms with E-state index in [0.29, 0.717) is 30.8 Å². The summed E-state index contributed by atoms with van der Waals surface area (Å²) < 4.78 is 0.